The van der Waals surface area contributed by atoms with Gasteiger partial charge in [-0.3, -0.25) is 0 Å². The molecule has 0 aliphatic rings. The van der Waals surface area contributed by atoms with Gasteiger partial charge in [0.1, 0.15) is 5.75 Å². The minimum absolute atomic E-state index is 0.106. The van der Waals surface area contributed by atoms with E-state index in [0.717, 1.165) is 0 Å². The van der Waals surface area contributed by atoms with Crippen LogP contribution in [0.4, 0.5) is 0 Å². The van der Waals surface area contributed by atoms with E-state index in [-0.39, 0.29) is 11.6 Å². The van der Waals surface area contributed by atoms with Crippen LogP contribution in [0, 0.1) is 0 Å². The highest BCUT2D eigenvalue weighted by Gasteiger charge is 2.11. The number of aromatic nitrogens is 2. The second-order valence-corrected chi connectivity index (χ2v) is 3.88. The summed E-state index contributed by atoms with van der Waals surface area (Å²) >= 11 is 0. The van der Waals surface area contributed by atoms with Gasteiger partial charge < -0.3 is 4.52 Å². The summed E-state index contributed by atoms with van der Waals surface area (Å²) in [5.41, 5.74) is 0. The molecule has 12 heavy (non-hydrogen) atoms. The van der Waals surface area contributed by atoms with Crippen molar-refractivity contribution in [1.82, 2.24) is 10.1 Å². The number of rotatable bonds is 3. The fourth-order valence-electron chi connectivity index (χ4n) is 0.672. The van der Waals surface area contributed by atoms with E-state index in [0.29, 0.717) is 12.3 Å². The largest absolute Gasteiger partial charge is 0.339 e. The molecule has 0 fully saturated rings. The van der Waals surface area contributed by atoms with Crippen molar-refractivity contribution in [3.05, 3.63) is 11.7 Å². The fourth-order valence-corrected chi connectivity index (χ4v) is 1.15. The number of hydrogen-bond acceptors (Lipinski definition) is 5. The third-order valence-electron chi connectivity index (χ3n) is 1.14. The van der Waals surface area contributed by atoms with E-state index in [2.05, 4.69) is 14.7 Å². The molecule has 0 spiro atoms. The maximum Gasteiger partial charge on any atom is 0.226 e. The molecule has 0 atom stereocenters. The lowest BCUT2D eigenvalue weighted by molar-refractivity contribution is 0.378. The Balaban J connectivity index is 2.78. The molecule has 0 bridgehead atoms. The summed E-state index contributed by atoms with van der Waals surface area (Å²) in [5.74, 6) is 0.138. The standard InChI is InChI=1S/C5H9N3O3S/c1-2-5-7-4(8-11-5)3-12(6,9)10/h2-3H2,1H3,(H2,6,9,10). The molecule has 0 aromatic carbocycles. The lowest BCUT2D eigenvalue weighted by Gasteiger charge is -1.88. The number of aryl methyl sites for hydroxylation is 1. The van der Waals surface area contributed by atoms with Crippen LogP contribution in [-0.2, 0) is 22.2 Å². The van der Waals surface area contributed by atoms with Gasteiger partial charge in [-0.05, 0) is 0 Å². The van der Waals surface area contributed by atoms with Gasteiger partial charge in [-0.25, -0.2) is 13.6 Å². The minimum atomic E-state index is -3.56. The zero-order chi connectivity index (χ0) is 9.19. The van der Waals surface area contributed by atoms with Crippen LogP contribution in [-0.4, -0.2) is 18.6 Å². The molecule has 0 aliphatic heterocycles. The second-order valence-electron chi connectivity index (χ2n) is 2.27. The van der Waals surface area contributed by atoms with E-state index in [1.807, 2.05) is 6.92 Å². The lowest BCUT2D eigenvalue weighted by atomic mass is 10.5. The fraction of sp³-hybridized carbons (Fsp3) is 0.600. The predicted octanol–water partition coefficient (Wildman–Crippen LogP) is -0.579. The number of nitrogens with two attached hydrogens (primary N) is 1. The molecule has 0 unspecified atom stereocenters. The minimum Gasteiger partial charge on any atom is -0.339 e. The highest BCUT2D eigenvalue weighted by Crippen LogP contribution is 2.00. The molecule has 1 heterocycles. The van der Waals surface area contributed by atoms with E-state index in [4.69, 9.17) is 5.14 Å². The van der Waals surface area contributed by atoms with Gasteiger partial charge in [-0.15, -0.1) is 0 Å². The van der Waals surface area contributed by atoms with Crippen LogP contribution in [0.2, 0.25) is 0 Å². The van der Waals surface area contributed by atoms with Crippen LogP contribution >= 0.6 is 0 Å². The first-order valence-corrected chi connectivity index (χ1v) is 5.04. The Hall–Kier alpha value is -0.950. The molecule has 1 aromatic rings. The first-order valence-electron chi connectivity index (χ1n) is 3.33. The van der Waals surface area contributed by atoms with Crippen molar-refractivity contribution in [2.45, 2.75) is 19.1 Å². The Morgan fingerprint density at radius 3 is 2.67 bits per heavy atom. The summed E-state index contributed by atoms with van der Waals surface area (Å²) in [6.45, 7) is 1.83. The molecular formula is C5H9N3O3S. The number of nitrogens with zero attached hydrogens (tertiary/aromatic N) is 2. The van der Waals surface area contributed by atoms with Crippen LogP contribution < -0.4 is 5.14 Å². The third kappa shape index (κ3) is 2.59. The zero-order valence-corrected chi connectivity index (χ0v) is 7.34. The molecular weight excluding hydrogens is 182 g/mol. The second kappa shape index (κ2) is 3.20. The van der Waals surface area contributed by atoms with E-state index in [9.17, 15) is 8.42 Å². The van der Waals surface area contributed by atoms with Gasteiger partial charge in [-0.1, -0.05) is 12.1 Å². The van der Waals surface area contributed by atoms with Crippen LogP contribution in [0.25, 0.3) is 0 Å². The molecule has 1 aromatic heterocycles. The first kappa shape index (κ1) is 9.14. The molecule has 68 valence electrons. The number of sulfonamides is 1. The molecule has 0 radical (unpaired) electrons. The summed E-state index contributed by atoms with van der Waals surface area (Å²) in [6, 6.07) is 0. The lowest BCUT2D eigenvalue weighted by Crippen LogP contribution is -2.15. The highest BCUT2D eigenvalue weighted by atomic mass is 32.2. The van der Waals surface area contributed by atoms with Gasteiger partial charge >= 0.3 is 0 Å². The topological polar surface area (TPSA) is 99.1 Å². The predicted molar refractivity (Wildman–Crippen MR) is 40.5 cm³/mol. The Labute approximate surface area is 69.8 Å². The zero-order valence-electron chi connectivity index (χ0n) is 6.52. The van der Waals surface area contributed by atoms with Gasteiger partial charge in [0.2, 0.25) is 15.9 Å². The van der Waals surface area contributed by atoms with Crippen molar-refractivity contribution >= 4 is 10.0 Å². The van der Waals surface area contributed by atoms with Gasteiger partial charge in [-0.2, -0.15) is 4.98 Å². The molecule has 0 saturated heterocycles. The number of hydrogen-bond donors (Lipinski definition) is 1. The Morgan fingerprint density at radius 2 is 2.25 bits per heavy atom. The smallest absolute Gasteiger partial charge is 0.226 e. The Bertz CT molecular complexity index is 356. The highest BCUT2D eigenvalue weighted by molar-refractivity contribution is 7.88. The van der Waals surface area contributed by atoms with E-state index < -0.39 is 10.0 Å². The summed E-state index contributed by atoms with van der Waals surface area (Å²) in [4.78, 5) is 3.78. The van der Waals surface area contributed by atoms with E-state index in [1.54, 1.807) is 0 Å². The Kier molecular flexibility index (Phi) is 2.43. The molecule has 1 rings (SSSR count). The average molecular weight is 191 g/mol. The molecule has 2 N–H and O–H groups in total. The van der Waals surface area contributed by atoms with Gasteiger partial charge in [0.15, 0.2) is 5.82 Å². The number of primary sulfonamides is 1. The summed E-state index contributed by atoms with van der Waals surface area (Å²) in [6.07, 6.45) is 0.581. The maximum atomic E-state index is 10.6. The van der Waals surface area contributed by atoms with Crippen LogP contribution in [0.15, 0.2) is 4.52 Å². The van der Waals surface area contributed by atoms with Crippen LogP contribution in [0.3, 0.4) is 0 Å². The van der Waals surface area contributed by atoms with Gasteiger partial charge in [0, 0.05) is 6.42 Å². The van der Waals surface area contributed by atoms with Crippen molar-refractivity contribution in [2.24, 2.45) is 5.14 Å². The molecule has 7 heteroatoms. The molecule has 0 amide bonds. The maximum absolute atomic E-state index is 10.6. The van der Waals surface area contributed by atoms with Crippen LogP contribution in [0.5, 0.6) is 0 Å². The Morgan fingerprint density at radius 1 is 1.58 bits per heavy atom. The van der Waals surface area contributed by atoms with Crippen molar-refractivity contribution in [2.75, 3.05) is 0 Å². The van der Waals surface area contributed by atoms with Gasteiger partial charge in [0.25, 0.3) is 0 Å². The first-order chi connectivity index (χ1) is 5.51. The normalized spacial score (nSPS) is 11.8. The summed E-state index contributed by atoms with van der Waals surface area (Å²) in [7, 11) is -3.56. The van der Waals surface area contributed by atoms with E-state index in [1.165, 1.54) is 0 Å². The molecule has 6 nitrogen and oxygen atoms in total. The van der Waals surface area contributed by atoms with Crippen LogP contribution in [0.1, 0.15) is 18.6 Å². The van der Waals surface area contributed by atoms with Crippen molar-refractivity contribution in [1.29, 1.82) is 0 Å². The average Bonchev–Trinajstić information content (AvgIpc) is 2.32. The molecule has 0 saturated carbocycles. The monoisotopic (exact) mass is 191 g/mol. The van der Waals surface area contributed by atoms with Crippen molar-refractivity contribution in [3.8, 4) is 0 Å². The quantitative estimate of drug-likeness (QED) is 0.689. The SMILES string of the molecule is CCc1nc(CS(N)(=O)=O)no1. The van der Waals surface area contributed by atoms with Crippen molar-refractivity contribution < 1.29 is 12.9 Å². The summed E-state index contributed by atoms with van der Waals surface area (Å²) < 4.78 is 25.8. The third-order valence-corrected chi connectivity index (χ3v) is 1.80. The summed E-state index contributed by atoms with van der Waals surface area (Å²) in [5, 5.41) is 8.20. The van der Waals surface area contributed by atoms with E-state index >= 15 is 0 Å². The van der Waals surface area contributed by atoms with Crippen molar-refractivity contribution in [3.63, 3.8) is 0 Å². The van der Waals surface area contributed by atoms with Gasteiger partial charge in [0.05, 0.1) is 0 Å². The molecule has 0 aliphatic carbocycles.